The number of allylic oxidation sites excluding steroid dienone is 1. The van der Waals surface area contributed by atoms with E-state index >= 15 is 0 Å². The lowest BCUT2D eigenvalue weighted by molar-refractivity contribution is 0.272. The molecule has 0 aromatic carbocycles. The van der Waals surface area contributed by atoms with E-state index in [1.165, 1.54) is 25.0 Å². The summed E-state index contributed by atoms with van der Waals surface area (Å²) < 4.78 is 0. The molecule has 0 atom stereocenters. The maximum Gasteiger partial charge on any atom is 0.114 e. The van der Waals surface area contributed by atoms with Gasteiger partial charge in [0.1, 0.15) is 6.26 Å². The van der Waals surface area contributed by atoms with Gasteiger partial charge in [-0.05, 0) is 6.08 Å². The summed E-state index contributed by atoms with van der Waals surface area (Å²) in [6.45, 7) is 14.9. The minimum absolute atomic E-state index is 0. The van der Waals surface area contributed by atoms with Gasteiger partial charge in [-0.25, -0.2) is 0 Å². The molecule has 0 aliphatic heterocycles. The Morgan fingerprint density at radius 3 is 1.85 bits per heavy atom. The second kappa shape index (κ2) is 44.2. The highest BCUT2D eigenvalue weighted by Crippen LogP contribution is 1.69. The standard InChI is InChI=1S/C5H7NO.C3H8.C2H6.CH4/c1-3-5-6-7-4-2;1-3-2;1-2;/h3-5H,1-2H2;3H2,1-2H3;1-2H3;1H4/b6-5-;;;. The molecule has 13 heavy (non-hydrogen) atoms. The van der Waals surface area contributed by atoms with Gasteiger partial charge in [0.2, 0.25) is 0 Å². The third kappa shape index (κ3) is 101. The summed E-state index contributed by atoms with van der Waals surface area (Å²) in [7, 11) is 0. The predicted octanol–water partition coefficient (Wildman–Crippen LogP) is 4.40. The first kappa shape index (κ1) is 22.7. The SMILES string of the molecule is C.C=C/C=N\OC=C.CC.CCC. The van der Waals surface area contributed by atoms with E-state index in [4.69, 9.17) is 0 Å². The van der Waals surface area contributed by atoms with Crippen molar-refractivity contribution in [2.75, 3.05) is 0 Å². The monoisotopic (exact) mass is 187 g/mol. The lowest BCUT2D eigenvalue weighted by atomic mass is 10.6. The first-order valence-corrected chi connectivity index (χ1v) is 4.24. The second-order valence-electron chi connectivity index (χ2n) is 1.47. The van der Waals surface area contributed by atoms with Crippen molar-refractivity contribution in [3.63, 3.8) is 0 Å². The van der Waals surface area contributed by atoms with E-state index in [1.54, 1.807) is 0 Å². The second-order valence-corrected chi connectivity index (χ2v) is 1.47. The largest absolute Gasteiger partial charge is 0.365 e. The first-order chi connectivity index (χ1) is 5.83. The summed E-state index contributed by atoms with van der Waals surface area (Å²) in [5, 5.41) is 3.35. The average molecular weight is 187 g/mol. The zero-order valence-electron chi connectivity index (χ0n) is 8.71. The molecule has 0 unspecified atom stereocenters. The highest BCUT2D eigenvalue weighted by molar-refractivity contribution is 5.69. The van der Waals surface area contributed by atoms with Gasteiger partial charge in [0.25, 0.3) is 0 Å². The highest BCUT2D eigenvalue weighted by Gasteiger charge is 1.56. The molecule has 0 amide bonds. The van der Waals surface area contributed by atoms with Crippen molar-refractivity contribution < 1.29 is 4.84 Å². The molecule has 0 saturated heterocycles. The normalized spacial score (nSPS) is 6.46. The van der Waals surface area contributed by atoms with Crippen LogP contribution in [-0.4, -0.2) is 6.21 Å². The zero-order valence-corrected chi connectivity index (χ0v) is 8.71. The maximum absolute atomic E-state index is 4.34. The Hall–Kier alpha value is -1.05. The van der Waals surface area contributed by atoms with Crippen molar-refractivity contribution in [1.29, 1.82) is 0 Å². The van der Waals surface area contributed by atoms with Crippen molar-refractivity contribution in [2.24, 2.45) is 5.16 Å². The van der Waals surface area contributed by atoms with Crippen molar-refractivity contribution in [3.8, 4) is 0 Å². The van der Waals surface area contributed by atoms with Crippen LogP contribution < -0.4 is 0 Å². The van der Waals surface area contributed by atoms with Crippen molar-refractivity contribution in [2.45, 2.75) is 41.5 Å². The van der Waals surface area contributed by atoms with Gasteiger partial charge in [0.15, 0.2) is 0 Å². The molecule has 2 heteroatoms. The Kier molecular flexibility index (Phi) is 77.2. The van der Waals surface area contributed by atoms with E-state index in [1.807, 2.05) is 13.8 Å². The predicted molar refractivity (Wildman–Crippen MR) is 64.0 cm³/mol. The molecule has 0 saturated carbocycles. The van der Waals surface area contributed by atoms with Gasteiger partial charge in [-0.15, -0.1) is 0 Å². The Labute approximate surface area is 84.0 Å². The fourth-order valence-corrected chi connectivity index (χ4v) is 0.121. The van der Waals surface area contributed by atoms with Gasteiger partial charge in [-0.1, -0.05) is 59.9 Å². The van der Waals surface area contributed by atoms with Gasteiger partial charge in [0.05, 0.1) is 6.21 Å². The molecule has 0 aromatic rings. The molecular formula is C11H25NO. The van der Waals surface area contributed by atoms with Crippen LogP contribution in [0.5, 0.6) is 0 Å². The highest BCUT2D eigenvalue weighted by atomic mass is 16.6. The van der Waals surface area contributed by atoms with Gasteiger partial charge < -0.3 is 4.84 Å². The van der Waals surface area contributed by atoms with E-state index in [-0.39, 0.29) is 7.43 Å². The van der Waals surface area contributed by atoms with Crippen LogP contribution in [0.2, 0.25) is 0 Å². The number of oxime groups is 1. The fourth-order valence-electron chi connectivity index (χ4n) is 0.121. The van der Waals surface area contributed by atoms with Gasteiger partial charge in [-0.2, -0.15) is 0 Å². The van der Waals surface area contributed by atoms with Crippen molar-refractivity contribution >= 4 is 6.21 Å². The van der Waals surface area contributed by atoms with Crippen molar-refractivity contribution in [1.82, 2.24) is 0 Å². The molecular weight excluding hydrogens is 162 g/mol. The number of hydrogen-bond donors (Lipinski definition) is 0. The van der Waals surface area contributed by atoms with Crippen LogP contribution >= 0.6 is 0 Å². The maximum atomic E-state index is 4.34. The molecule has 0 aliphatic rings. The molecule has 0 rings (SSSR count). The minimum Gasteiger partial charge on any atom is -0.365 e. The van der Waals surface area contributed by atoms with Crippen LogP contribution in [0, 0.1) is 0 Å². The van der Waals surface area contributed by atoms with Crippen LogP contribution in [0.15, 0.2) is 30.7 Å². The van der Waals surface area contributed by atoms with E-state index in [0.717, 1.165) is 0 Å². The summed E-state index contributed by atoms with van der Waals surface area (Å²) in [5.74, 6) is 0. The lowest BCUT2D eigenvalue weighted by Gasteiger charge is -1.78. The number of nitrogens with zero attached hydrogens (tertiary/aromatic N) is 1. The van der Waals surface area contributed by atoms with Crippen LogP contribution in [-0.2, 0) is 4.84 Å². The van der Waals surface area contributed by atoms with Gasteiger partial charge in [-0.3, -0.25) is 0 Å². The first-order valence-electron chi connectivity index (χ1n) is 4.24. The van der Waals surface area contributed by atoms with E-state index in [9.17, 15) is 0 Å². The molecule has 0 bridgehead atoms. The van der Waals surface area contributed by atoms with Crippen LogP contribution in [0.3, 0.4) is 0 Å². The molecule has 0 radical (unpaired) electrons. The Balaban J connectivity index is -0.0000000581. The molecule has 0 aromatic heterocycles. The summed E-state index contributed by atoms with van der Waals surface area (Å²) >= 11 is 0. The number of hydrogen-bond acceptors (Lipinski definition) is 2. The van der Waals surface area contributed by atoms with Crippen LogP contribution in [0.1, 0.15) is 41.5 Å². The third-order valence-corrected chi connectivity index (χ3v) is 0.302. The smallest absolute Gasteiger partial charge is 0.114 e. The van der Waals surface area contributed by atoms with E-state index < -0.39 is 0 Å². The molecule has 80 valence electrons. The minimum atomic E-state index is 0. The Bertz CT molecular complexity index is 98.3. The summed E-state index contributed by atoms with van der Waals surface area (Å²) in [4.78, 5) is 4.34. The van der Waals surface area contributed by atoms with Gasteiger partial charge >= 0.3 is 0 Å². The third-order valence-electron chi connectivity index (χ3n) is 0.302. The quantitative estimate of drug-likeness (QED) is 0.364. The lowest BCUT2D eigenvalue weighted by Crippen LogP contribution is -1.64. The topological polar surface area (TPSA) is 21.6 Å². The zero-order chi connectivity index (χ0) is 10.2. The summed E-state index contributed by atoms with van der Waals surface area (Å²) in [6.07, 6.45) is 5.44. The molecule has 0 spiro atoms. The molecule has 0 fully saturated rings. The molecule has 0 heterocycles. The van der Waals surface area contributed by atoms with Gasteiger partial charge in [0, 0.05) is 0 Å². The molecule has 0 N–H and O–H groups in total. The van der Waals surface area contributed by atoms with Crippen LogP contribution in [0.25, 0.3) is 0 Å². The summed E-state index contributed by atoms with van der Waals surface area (Å²) in [6, 6.07) is 0. The average Bonchev–Trinajstić information content (AvgIpc) is 2.11. The summed E-state index contributed by atoms with van der Waals surface area (Å²) in [5.41, 5.74) is 0. The molecule has 0 aliphatic carbocycles. The number of rotatable bonds is 3. The Morgan fingerprint density at radius 1 is 1.23 bits per heavy atom. The fraction of sp³-hybridized carbons (Fsp3) is 0.545. The Morgan fingerprint density at radius 2 is 1.62 bits per heavy atom. The van der Waals surface area contributed by atoms with Crippen LogP contribution in [0.4, 0.5) is 0 Å². The van der Waals surface area contributed by atoms with Crippen molar-refractivity contribution in [3.05, 3.63) is 25.5 Å². The molecule has 2 nitrogen and oxygen atoms in total. The van der Waals surface area contributed by atoms with E-state index in [0.29, 0.717) is 0 Å². The van der Waals surface area contributed by atoms with E-state index in [2.05, 4.69) is 37.0 Å².